The van der Waals surface area contributed by atoms with Crippen LogP contribution in [0, 0.1) is 0 Å². The average molecular weight is 302 g/mol. The van der Waals surface area contributed by atoms with Gasteiger partial charge in [0.15, 0.2) is 0 Å². The maximum Gasteiger partial charge on any atom is 0.335 e. The first kappa shape index (κ1) is 18.5. The Hall–Kier alpha value is -1.57. The highest BCUT2D eigenvalue weighted by atomic mass is 16.4. The first-order valence-electron chi connectivity index (χ1n) is 8.74. The van der Waals surface area contributed by atoms with Crippen LogP contribution in [0.1, 0.15) is 87.1 Å². The molecule has 2 heteroatoms. The molecule has 0 unspecified atom stereocenters. The number of unbranched alkanes of at least 4 members (excludes halogenated alkanes) is 9. The van der Waals surface area contributed by atoms with Crippen molar-refractivity contribution in [2.45, 2.75) is 71.1 Å². The lowest BCUT2D eigenvalue weighted by molar-refractivity contribution is 0.0697. The highest BCUT2D eigenvalue weighted by Gasteiger charge is 1.99. The molecule has 0 saturated carbocycles. The van der Waals surface area contributed by atoms with Crippen molar-refractivity contribution in [3.8, 4) is 0 Å². The molecule has 1 aromatic rings. The number of benzene rings is 1. The fraction of sp³-hybridized carbons (Fsp3) is 0.550. The summed E-state index contributed by atoms with van der Waals surface area (Å²) in [7, 11) is 0. The highest BCUT2D eigenvalue weighted by Crippen LogP contribution is 2.12. The number of hydrogen-bond acceptors (Lipinski definition) is 1. The minimum Gasteiger partial charge on any atom is -0.478 e. The summed E-state index contributed by atoms with van der Waals surface area (Å²) in [5.41, 5.74) is 1.41. The second-order valence-corrected chi connectivity index (χ2v) is 5.95. The summed E-state index contributed by atoms with van der Waals surface area (Å²) in [5, 5.41) is 8.83. The molecule has 0 bridgehead atoms. The molecule has 0 aromatic heterocycles. The summed E-state index contributed by atoms with van der Waals surface area (Å²) < 4.78 is 0. The van der Waals surface area contributed by atoms with Gasteiger partial charge in [0.05, 0.1) is 5.56 Å². The minimum absolute atomic E-state index is 0.344. The van der Waals surface area contributed by atoms with E-state index in [0.717, 1.165) is 12.0 Å². The molecule has 1 rings (SSSR count). The summed E-state index contributed by atoms with van der Waals surface area (Å²) in [6.45, 7) is 2.26. The zero-order valence-corrected chi connectivity index (χ0v) is 13.9. The SMILES string of the molecule is CCCCCCCCCCC/C=C/c1ccc(C(=O)O)cc1. The fourth-order valence-corrected chi connectivity index (χ4v) is 2.53. The fourth-order valence-electron chi connectivity index (χ4n) is 2.53. The normalized spacial score (nSPS) is 11.1. The lowest BCUT2D eigenvalue weighted by Crippen LogP contribution is -1.94. The second kappa shape index (κ2) is 12.0. The van der Waals surface area contributed by atoms with Gasteiger partial charge in [-0.05, 0) is 30.5 Å². The minimum atomic E-state index is -0.870. The van der Waals surface area contributed by atoms with Gasteiger partial charge in [-0.1, -0.05) is 82.6 Å². The first-order chi connectivity index (χ1) is 10.7. The second-order valence-electron chi connectivity index (χ2n) is 5.95. The number of carbonyl (C=O) groups is 1. The molecule has 122 valence electrons. The van der Waals surface area contributed by atoms with Crippen LogP contribution < -0.4 is 0 Å². The summed E-state index contributed by atoms with van der Waals surface area (Å²) in [6, 6.07) is 7.02. The number of hydrogen-bond donors (Lipinski definition) is 1. The molecule has 0 spiro atoms. The molecule has 0 fully saturated rings. The Morgan fingerprint density at radius 1 is 0.909 bits per heavy atom. The zero-order valence-electron chi connectivity index (χ0n) is 13.9. The molecule has 1 N–H and O–H groups in total. The number of rotatable bonds is 12. The largest absolute Gasteiger partial charge is 0.478 e. The van der Waals surface area contributed by atoms with Crippen molar-refractivity contribution in [3.63, 3.8) is 0 Å². The lowest BCUT2D eigenvalue weighted by Gasteiger charge is -2.00. The maximum atomic E-state index is 10.8. The first-order valence-corrected chi connectivity index (χ1v) is 8.74. The van der Waals surface area contributed by atoms with E-state index in [2.05, 4.69) is 19.1 Å². The quantitative estimate of drug-likeness (QED) is 0.459. The van der Waals surface area contributed by atoms with Crippen molar-refractivity contribution in [3.05, 3.63) is 41.5 Å². The van der Waals surface area contributed by atoms with E-state index in [1.807, 2.05) is 12.1 Å². The van der Waals surface area contributed by atoms with Crippen molar-refractivity contribution < 1.29 is 9.90 Å². The molecular weight excluding hydrogens is 272 g/mol. The number of allylic oxidation sites excluding steroid dienone is 1. The molecule has 0 aliphatic heterocycles. The van der Waals surface area contributed by atoms with Crippen LogP contribution in [0.5, 0.6) is 0 Å². The summed E-state index contributed by atoms with van der Waals surface area (Å²) >= 11 is 0. The zero-order chi connectivity index (χ0) is 16.0. The van der Waals surface area contributed by atoms with Crippen LogP contribution in [-0.2, 0) is 0 Å². The standard InChI is InChI=1S/C20H30O2/c1-2-3-4-5-6-7-8-9-10-11-12-13-18-14-16-19(17-15-18)20(21)22/h12-17H,2-11H2,1H3,(H,21,22)/b13-12+. The molecular formula is C20H30O2. The lowest BCUT2D eigenvalue weighted by atomic mass is 10.1. The predicted molar refractivity (Wildman–Crippen MR) is 94.3 cm³/mol. The van der Waals surface area contributed by atoms with Gasteiger partial charge in [0.1, 0.15) is 0 Å². The van der Waals surface area contributed by atoms with Gasteiger partial charge in [0, 0.05) is 0 Å². The molecule has 0 aliphatic rings. The third-order valence-corrected chi connectivity index (χ3v) is 3.94. The van der Waals surface area contributed by atoms with Crippen molar-refractivity contribution in [1.82, 2.24) is 0 Å². The maximum absolute atomic E-state index is 10.8. The van der Waals surface area contributed by atoms with Crippen LogP contribution in [0.3, 0.4) is 0 Å². The van der Waals surface area contributed by atoms with Gasteiger partial charge in [-0.25, -0.2) is 4.79 Å². The third kappa shape index (κ3) is 8.66. The molecule has 0 saturated heterocycles. The van der Waals surface area contributed by atoms with Crippen LogP contribution in [0.4, 0.5) is 0 Å². The highest BCUT2D eigenvalue weighted by molar-refractivity contribution is 5.87. The average Bonchev–Trinajstić information content (AvgIpc) is 2.53. The van der Waals surface area contributed by atoms with E-state index >= 15 is 0 Å². The van der Waals surface area contributed by atoms with Gasteiger partial charge in [-0.3, -0.25) is 0 Å². The molecule has 1 aromatic carbocycles. The van der Waals surface area contributed by atoms with E-state index in [-0.39, 0.29) is 0 Å². The molecule has 0 heterocycles. The predicted octanol–water partition coefficient (Wildman–Crippen LogP) is 6.32. The van der Waals surface area contributed by atoms with Crippen LogP contribution >= 0.6 is 0 Å². The summed E-state index contributed by atoms with van der Waals surface area (Å²) in [5.74, 6) is -0.870. The van der Waals surface area contributed by atoms with E-state index < -0.39 is 5.97 Å². The van der Waals surface area contributed by atoms with Crippen molar-refractivity contribution in [2.75, 3.05) is 0 Å². The van der Waals surface area contributed by atoms with E-state index in [4.69, 9.17) is 5.11 Å². The number of carboxylic acids is 1. The van der Waals surface area contributed by atoms with Gasteiger partial charge >= 0.3 is 5.97 Å². The van der Waals surface area contributed by atoms with Crippen LogP contribution in [0.25, 0.3) is 6.08 Å². The van der Waals surface area contributed by atoms with Gasteiger partial charge in [0.25, 0.3) is 0 Å². The molecule has 22 heavy (non-hydrogen) atoms. The topological polar surface area (TPSA) is 37.3 Å². The smallest absolute Gasteiger partial charge is 0.335 e. The third-order valence-electron chi connectivity index (χ3n) is 3.94. The van der Waals surface area contributed by atoms with Gasteiger partial charge < -0.3 is 5.11 Å². The van der Waals surface area contributed by atoms with Crippen LogP contribution in [-0.4, -0.2) is 11.1 Å². The van der Waals surface area contributed by atoms with Crippen LogP contribution in [0.2, 0.25) is 0 Å². The molecule has 0 amide bonds. The van der Waals surface area contributed by atoms with Crippen molar-refractivity contribution in [1.29, 1.82) is 0 Å². The van der Waals surface area contributed by atoms with Crippen LogP contribution in [0.15, 0.2) is 30.3 Å². The van der Waals surface area contributed by atoms with E-state index in [1.54, 1.807) is 12.1 Å². The Morgan fingerprint density at radius 3 is 2.00 bits per heavy atom. The molecule has 0 radical (unpaired) electrons. The van der Waals surface area contributed by atoms with Gasteiger partial charge in [0.2, 0.25) is 0 Å². The van der Waals surface area contributed by atoms with E-state index in [9.17, 15) is 4.79 Å². The van der Waals surface area contributed by atoms with Gasteiger partial charge in [-0.2, -0.15) is 0 Å². The molecule has 0 atom stereocenters. The number of carboxylic acid groups (broad SMARTS) is 1. The Morgan fingerprint density at radius 2 is 1.45 bits per heavy atom. The van der Waals surface area contributed by atoms with Gasteiger partial charge in [-0.15, -0.1) is 0 Å². The summed E-state index contributed by atoms with van der Waals surface area (Å²) in [6.07, 6.45) is 17.6. The number of aromatic carboxylic acids is 1. The van der Waals surface area contributed by atoms with Crippen molar-refractivity contribution >= 4 is 12.0 Å². The molecule has 2 nitrogen and oxygen atoms in total. The Bertz CT molecular complexity index is 432. The Kier molecular flexibility index (Phi) is 10.1. The van der Waals surface area contributed by atoms with E-state index in [1.165, 1.54) is 57.8 Å². The summed E-state index contributed by atoms with van der Waals surface area (Å²) in [4.78, 5) is 10.8. The Balaban J connectivity index is 2.03. The Labute approximate surface area is 135 Å². The molecule has 0 aliphatic carbocycles. The monoisotopic (exact) mass is 302 g/mol. The van der Waals surface area contributed by atoms with Crippen molar-refractivity contribution in [2.24, 2.45) is 0 Å². The van der Waals surface area contributed by atoms with E-state index in [0.29, 0.717) is 5.56 Å².